The molecule has 70 valence electrons. The molecule has 1 heterocycles. The lowest BCUT2D eigenvalue weighted by Gasteiger charge is -2.19. The van der Waals surface area contributed by atoms with Crippen LogP contribution in [0.4, 0.5) is 0 Å². The Morgan fingerprint density at radius 1 is 1.33 bits per heavy atom. The molecule has 2 aliphatic rings. The fourth-order valence-corrected chi connectivity index (χ4v) is 2.06. The number of hydrogen-bond donors (Lipinski definition) is 2. The van der Waals surface area contributed by atoms with Crippen molar-refractivity contribution in [3.8, 4) is 0 Å². The molecule has 1 saturated heterocycles. The molecule has 12 heavy (non-hydrogen) atoms. The summed E-state index contributed by atoms with van der Waals surface area (Å²) in [5.41, 5.74) is 3.93. The fourth-order valence-electron chi connectivity index (χ4n) is 2.06. The van der Waals surface area contributed by atoms with Crippen LogP contribution in [0.5, 0.6) is 0 Å². The van der Waals surface area contributed by atoms with Gasteiger partial charge in [0.15, 0.2) is 5.79 Å². The van der Waals surface area contributed by atoms with Gasteiger partial charge < -0.3 is 20.3 Å². The maximum absolute atomic E-state index is 9.56. The molecule has 1 aliphatic carbocycles. The molecule has 0 aromatic heterocycles. The molecule has 2 rings (SSSR count). The van der Waals surface area contributed by atoms with Gasteiger partial charge in [0.25, 0.3) is 0 Å². The van der Waals surface area contributed by atoms with Crippen molar-refractivity contribution in [3.63, 3.8) is 0 Å². The molecule has 1 aliphatic heterocycles. The van der Waals surface area contributed by atoms with Gasteiger partial charge in [-0.1, -0.05) is 0 Å². The Kier molecular flexibility index (Phi) is 1.70. The summed E-state index contributed by atoms with van der Waals surface area (Å²) in [6, 6.07) is 0.159. The Balaban J connectivity index is 2.15. The molecule has 0 aromatic rings. The highest BCUT2D eigenvalue weighted by molar-refractivity contribution is 4.97. The molecule has 4 N–H and O–H groups in total. The number of hydrogen-bond acceptors (Lipinski definition) is 3. The van der Waals surface area contributed by atoms with E-state index in [9.17, 15) is 5.11 Å². The maximum atomic E-state index is 9.56. The molecule has 0 spiro atoms. The minimum atomic E-state index is -0.549. The topological polar surface area (TPSA) is 66.3 Å². The highest BCUT2D eigenvalue weighted by Gasteiger charge is 2.54. The third-order valence-electron chi connectivity index (χ3n) is 2.55. The highest BCUT2D eigenvalue weighted by atomic mass is 16.8. The third kappa shape index (κ3) is 1.15. The van der Waals surface area contributed by atoms with Crippen LogP contribution in [0.2, 0.25) is 0 Å². The lowest BCUT2D eigenvalue weighted by molar-refractivity contribution is -0.436. The van der Waals surface area contributed by atoms with E-state index in [0.29, 0.717) is 6.42 Å². The second-order valence-electron chi connectivity index (χ2n) is 4.13. The summed E-state index contributed by atoms with van der Waals surface area (Å²) in [5, 5.41) is 9.56. The molecular weight excluding hydrogens is 158 g/mol. The first-order valence-electron chi connectivity index (χ1n) is 4.36. The number of aliphatic hydroxyl groups excluding tert-OH is 1. The summed E-state index contributed by atoms with van der Waals surface area (Å²) < 4.78 is 11.2. The standard InChI is InChI=1S/C8H15NO3/c1-8(2)11-6-4(9)3-5(10)7(6)12-8/h4-7,10H,3,9H2,1-2H3/p+1/t4-,5+,6?,7-/m1/s1. The van der Waals surface area contributed by atoms with Crippen molar-refractivity contribution in [1.82, 2.24) is 0 Å². The first-order chi connectivity index (χ1) is 5.49. The third-order valence-corrected chi connectivity index (χ3v) is 2.55. The number of quaternary nitrogens is 1. The number of fused-ring (bicyclic) bond motifs is 1. The van der Waals surface area contributed by atoms with E-state index in [4.69, 9.17) is 9.47 Å². The second kappa shape index (κ2) is 2.42. The summed E-state index contributed by atoms with van der Waals surface area (Å²) in [5.74, 6) is -0.549. The van der Waals surface area contributed by atoms with Crippen LogP contribution in [-0.2, 0) is 9.47 Å². The minimum Gasteiger partial charge on any atom is -0.390 e. The Morgan fingerprint density at radius 3 is 2.50 bits per heavy atom. The minimum absolute atomic E-state index is 0.0185. The average molecular weight is 174 g/mol. The molecule has 1 unspecified atom stereocenters. The predicted octanol–water partition coefficient (Wildman–Crippen LogP) is -1.12. The van der Waals surface area contributed by atoms with Gasteiger partial charge in [-0.25, -0.2) is 0 Å². The largest absolute Gasteiger partial charge is 0.390 e. The summed E-state index contributed by atoms with van der Waals surface area (Å²) in [4.78, 5) is 0. The quantitative estimate of drug-likeness (QED) is 0.489. The lowest BCUT2D eigenvalue weighted by Crippen LogP contribution is -2.65. The van der Waals surface area contributed by atoms with Crippen LogP contribution in [0.25, 0.3) is 0 Å². The van der Waals surface area contributed by atoms with Gasteiger partial charge in [-0.2, -0.15) is 0 Å². The first-order valence-corrected chi connectivity index (χ1v) is 4.36. The van der Waals surface area contributed by atoms with Crippen molar-refractivity contribution in [2.45, 2.75) is 50.4 Å². The van der Waals surface area contributed by atoms with Crippen LogP contribution in [0, 0.1) is 0 Å². The van der Waals surface area contributed by atoms with Crippen molar-refractivity contribution < 1.29 is 20.3 Å². The van der Waals surface area contributed by atoms with Crippen LogP contribution in [0.1, 0.15) is 20.3 Å². The number of ether oxygens (including phenoxy) is 2. The van der Waals surface area contributed by atoms with Gasteiger partial charge in [0.2, 0.25) is 0 Å². The molecule has 2 fully saturated rings. The number of rotatable bonds is 0. The first kappa shape index (κ1) is 8.44. The van der Waals surface area contributed by atoms with E-state index in [1.807, 2.05) is 13.8 Å². The van der Waals surface area contributed by atoms with Crippen molar-refractivity contribution in [3.05, 3.63) is 0 Å². The van der Waals surface area contributed by atoms with Gasteiger partial charge in [-0.05, 0) is 13.8 Å². The van der Waals surface area contributed by atoms with Gasteiger partial charge in [0, 0.05) is 6.42 Å². The zero-order valence-electron chi connectivity index (χ0n) is 7.49. The van der Waals surface area contributed by atoms with Crippen LogP contribution >= 0.6 is 0 Å². The Labute approximate surface area is 71.6 Å². The molecule has 0 amide bonds. The highest BCUT2D eigenvalue weighted by Crippen LogP contribution is 2.36. The predicted molar refractivity (Wildman–Crippen MR) is 41.1 cm³/mol. The SMILES string of the molecule is CC1(C)OC2[C@H]([NH3+])C[C@H](O)[C@H]2O1. The van der Waals surface area contributed by atoms with Crippen molar-refractivity contribution in [1.29, 1.82) is 0 Å². The van der Waals surface area contributed by atoms with Crippen LogP contribution in [0.3, 0.4) is 0 Å². The Morgan fingerprint density at radius 2 is 1.92 bits per heavy atom. The molecule has 4 heteroatoms. The Hall–Kier alpha value is -0.160. The van der Waals surface area contributed by atoms with Crippen molar-refractivity contribution in [2.24, 2.45) is 0 Å². The lowest BCUT2D eigenvalue weighted by atomic mass is 10.2. The number of aliphatic hydroxyl groups is 1. The summed E-state index contributed by atoms with van der Waals surface area (Å²) in [6.07, 6.45) is 0.0996. The van der Waals surface area contributed by atoms with Gasteiger partial charge in [-0.3, -0.25) is 0 Å². The summed E-state index contributed by atoms with van der Waals surface area (Å²) >= 11 is 0. The zero-order valence-corrected chi connectivity index (χ0v) is 7.49. The molecule has 0 radical (unpaired) electrons. The summed E-state index contributed by atoms with van der Waals surface area (Å²) in [6.45, 7) is 3.73. The van der Waals surface area contributed by atoms with Crippen LogP contribution in [0.15, 0.2) is 0 Å². The maximum Gasteiger partial charge on any atom is 0.164 e. The average Bonchev–Trinajstić information content (AvgIpc) is 2.34. The van der Waals surface area contributed by atoms with Gasteiger partial charge >= 0.3 is 0 Å². The molecule has 1 saturated carbocycles. The van der Waals surface area contributed by atoms with E-state index in [2.05, 4.69) is 5.73 Å². The van der Waals surface area contributed by atoms with E-state index in [1.165, 1.54) is 0 Å². The molecule has 4 nitrogen and oxygen atoms in total. The smallest absolute Gasteiger partial charge is 0.164 e. The zero-order chi connectivity index (χ0) is 8.93. The van der Waals surface area contributed by atoms with Crippen molar-refractivity contribution >= 4 is 0 Å². The fraction of sp³-hybridized carbons (Fsp3) is 1.00. The molecular formula is C8H16NO3+. The summed E-state index contributed by atoms with van der Waals surface area (Å²) in [7, 11) is 0. The van der Waals surface area contributed by atoms with Crippen LogP contribution < -0.4 is 5.73 Å². The molecule has 0 bridgehead atoms. The van der Waals surface area contributed by atoms with Gasteiger partial charge in [-0.15, -0.1) is 0 Å². The van der Waals surface area contributed by atoms with E-state index in [1.54, 1.807) is 0 Å². The van der Waals surface area contributed by atoms with Crippen molar-refractivity contribution in [2.75, 3.05) is 0 Å². The van der Waals surface area contributed by atoms with Gasteiger partial charge in [0.05, 0.1) is 6.10 Å². The monoisotopic (exact) mass is 174 g/mol. The molecule has 0 aromatic carbocycles. The Bertz CT molecular complexity index is 177. The van der Waals surface area contributed by atoms with E-state index in [-0.39, 0.29) is 18.2 Å². The molecule has 4 atom stereocenters. The van der Waals surface area contributed by atoms with Crippen LogP contribution in [-0.4, -0.2) is 35.2 Å². The normalized spacial score (nSPS) is 51.0. The van der Waals surface area contributed by atoms with E-state index < -0.39 is 11.9 Å². The van der Waals surface area contributed by atoms with E-state index >= 15 is 0 Å². The van der Waals surface area contributed by atoms with Gasteiger partial charge in [0.1, 0.15) is 18.2 Å². The second-order valence-corrected chi connectivity index (χ2v) is 4.13. The van der Waals surface area contributed by atoms with E-state index in [0.717, 1.165) is 0 Å².